The van der Waals surface area contributed by atoms with Gasteiger partial charge in [0.05, 0.1) is 17.7 Å². The van der Waals surface area contributed by atoms with Gasteiger partial charge in [0.2, 0.25) is 11.8 Å². The van der Waals surface area contributed by atoms with Crippen LogP contribution in [0.2, 0.25) is 0 Å². The van der Waals surface area contributed by atoms with Crippen LogP contribution >= 0.6 is 11.3 Å². The molecule has 3 amide bonds. The molecule has 112 valence electrons. The lowest BCUT2D eigenvalue weighted by Gasteiger charge is -2.13. The van der Waals surface area contributed by atoms with Crippen molar-refractivity contribution in [3.05, 3.63) is 41.4 Å². The van der Waals surface area contributed by atoms with E-state index in [2.05, 4.69) is 20.9 Å². The van der Waals surface area contributed by atoms with E-state index in [0.717, 1.165) is 0 Å². The fourth-order valence-corrected chi connectivity index (χ4v) is 2.64. The summed E-state index contributed by atoms with van der Waals surface area (Å²) in [5.74, 6) is -1.20. The van der Waals surface area contributed by atoms with Gasteiger partial charge in [-0.15, -0.1) is 11.3 Å². The van der Waals surface area contributed by atoms with Crippen LogP contribution in [0.5, 0.6) is 0 Å². The average molecular weight is 316 g/mol. The first-order chi connectivity index (χ1) is 10.6. The number of thiazole rings is 1. The molecule has 2 heterocycles. The van der Waals surface area contributed by atoms with Gasteiger partial charge in [0, 0.05) is 11.6 Å². The van der Waals surface area contributed by atoms with Crippen LogP contribution in [0.25, 0.3) is 0 Å². The molecule has 0 bridgehead atoms. The summed E-state index contributed by atoms with van der Waals surface area (Å²) in [5, 5.41) is 9.98. The molecule has 1 aliphatic rings. The second-order valence-corrected chi connectivity index (χ2v) is 5.55. The summed E-state index contributed by atoms with van der Waals surface area (Å²) in [7, 11) is 0. The minimum atomic E-state index is -0.931. The Hall–Kier alpha value is -2.74. The van der Waals surface area contributed by atoms with Crippen LogP contribution in [-0.4, -0.2) is 28.7 Å². The molecule has 8 heteroatoms. The van der Waals surface area contributed by atoms with Gasteiger partial charge in [-0.25, -0.2) is 4.98 Å². The number of benzene rings is 1. The lowest BCUT2D eigenvalue weighted by Crippen LogP contribution is -2.43. The topological polar surface area (TPSA) is 100 Å². The molecule has 3 N–H and O–H groups in total. The number of fused-ring (bicyclic) bond motifs is 1. The number of para-hydroxylation sites is 1. The number of aromatic nitrogens is 1. The summed E-state index contributed by atoms with van der Waals surface area (Å²) in [6, 6.07) is 5.76. The van der Waals surface area contributed by atoms with Crippen LogP contribution in [0.1, 0.15) is 16.8 Å². The molecule has 0 radical (unpaired) electrons. The number of carbonyl (C=O) groups excluding carboxylic acids is 3. The molecular weight excluding hydrogens is 304 g/mol. The number of hydrogen-bond acceptors (Lipinski definition) is 5. The van der Waals surface area contributed by atoms with Crippen molar-refractivity contribution in [3.63, 3.8) is 0 Å². The molecule has 1 aromatic heterocycles. The van der Waals surface area contributed by atoms with Crippen molar-refractivity contribution in [3.8, 4) is 0 Å². The van der Waals surface area contributed by atoms with Crippen molar-refractivity contribution in [2.24, 2.45) is 0 Å². The van der Waals surface area contributed by atoms with E-state index in [4.69, 9.17) is 0 Å². The third kappa shape index (κ3) is 2.96. The molecule has 0 spiro atoms. The van der Waals surface area contributed by atoms with Crippen molar-refractivity contribution in [1.82, 2.24) is 10.3 Å². The Morgan fingerprint density at radius 2 is 2.14 bits per heavy atom. The van der Waals surface area contributed by atoms with Gasteiger partial charge in [0.25, 0.3) is 5.91 Å². The standard InChI is InChI=1S/C14H12N4O3S/c19-11(18-14-15-5-6-22-14)7-10-13(21)16-9-4-2-1-3-8(9)12(20)17-10/h1-6,10H,7H2,(H,16,21)(H,17,20)(H,15,18,19)/t10-/m1/s1. The van der Waals surface area contributed by atoms with Crippen molar-refractivity contribution >= 4 is 39.9 Å². The smallest absolute Gasteiger partial charge is 0.254 e. The third-order valence-electron chi connectivity index (χ3n) is 3.12. The first-order valence-electron chi connectivity index (χ1n) is 6.53. The Labute approximate surface area is 129 Å². The fraction of sp³-hybridized carbons (Fsp3) is 0.143. The summed E-state index contributed by atoms with van der Waals surface area (Å²) < 4.78 is 0. The second kappa shape index (κ2) is 5.94. The van der Waals surface area contributed by atoms with E-state index >= 15 is 0 Å². The zero-order valence-corrected chi connectivity index (χ0v) is 12.1. The first-order valence-corrected chi connectivity index (χ1v) is 7.41. The zero-order chi connectivity index (χ0) is 15.5. The molecule has 3 rings (SSSR count). The molecule has 0 saturated heterocycles. The van der Waals surface area contributed by atoms with Crippen molar-refractivity contribution < 1.29 is 14.4 Å². The van der Waals surface area contributed by atoms with E-state index in [0.29, 0.717) is 16.4 Å². The number of amides is 3. The number of nitrogens with zero attached hydrogens (tertiary/aromatic N) is 1. The normalized spacial score (nSPS) is 17.0. The Bertz CT molecular complexity index is 729. The largest absolute Gasteiger partial charge is 0.340 e. The van der Waals surface area contributed by atoms with Gasteiger partial charge in [-0.05, 0) is 12.1 Å². The highest BCUT2D eigenvalue weighted by atomic mass is 32.1. The monoisotopic (exact) mass is 316 g/mol. The van der Waals surface area contributed by atoms with E-state index in [9.17, 15) is 14.4 Å². The maximum absolute atomic E-state index is 12.1. The van der Waals surface area contributed by atoms with E-state index < -0.39 is 11.9 Å². The van der Waals surface area contributed by atoms with Gasteiger partial charge >= 0.3 is 0 Å². The Kier molecular flexibility index (Phi) is 3.84. The molecule has 0 unspecified atom stereocenters. The van der Waals surface area contributed by atoms with Gasteiger partial charge in [0.1, 0.15) is 6.04 Å². The van der Waals surface area contributed by atoms with Gasteiger partial charge in [-0.2, -0.15) is 0 Å². The highest BCUT2D eigenvalue weighted by molar-refractivity contribution is 7.13. The summed E-state index contributed by atoms with van der Waals surface area (Å²) in [6.45, 7) is 0. The van der Waals surface area contributed by atoms with Crippen LogP contribution in [0.3, 0.4) is 0 Å². The van der Waals surface area contributed by atoms with Crippen molar-refractivity contribution in [1.29, 1.82) is 0 Å². The molecule has 2 aromatic rings. The lowest BCUT2D eigenvalue weighted by molar-refractivity contribution is -0.122. The van der Waals surface area contributed by atoms with Gasteiger partial charge in [-0.3, -0.25) is 14.4 Å². The zero-order valence-electron chi connectivity index (χ0n) is 11.3. The van der Waals surface area contributed by atoms with Crippen molar-refractivity contribution in [2.75, 3.05) is 10.6 Å². The maximum atomic E-state index is 12.1. The van der Waals surface area contributed by atoms with Crippen LogP contribution in [0.4, 0.5) is 10.8 Å². The minimum absolute atomic E-state index is 0.162. The molecule has 1 atom stereocenters. The van der Waals surface area contributed by atoms with Crippen LogP contribution in [-0.2, 0) is 9.59 Å². The lowest BCUT2D eigenvalue weighted by atomic mass is 10.1. The average Bonchev–Trinajstić information content (AvgIpc) is 2.95. The molecule has 1 aliphatic heterocycles. The van der Waals surface area contributed by atoms with Crippen LogP contribution in [0, 0.1) is 0 Å². The highest BCUT2D eigenvalue weighted by Gasteiger charge is 2.29. The number of nitrogens with one attached hydrogen (secondary N) is 3. The summed E-state index contributed by atoms with van der Waals surface area (Å²) in [5.41, 5.74) is 0.812. The SMILES string of the molecule is O=C(C[C@H]1NC(=O)c2ccccc2NC1=O)Nc1nccs1. The first kappa shape index (κ1) is 14.2. The van der Waals surface area contributed by atoms with E-state index in [1.807, 2.05) is 0 Å². The molecule has 0 saturated carbocycles. The summed E-state index contributed by atoms with van der Waals surface area (Å²) >= 11 is 1.28. The summed E-state index contributed by atoms with van der Waals surface area (Å²) in [6.07, 6.45) is 1.40. The predicted octanol–water partition coefficient (Wildman–Crippen LogP) is 1.22. The minimum Gasteiger partial charge on any atom is -0.340 e. The number of carbonyl (C=O) groups is 3. The molecule has 0 aliphatic carbocycles. The Morgan fingerprint density at radius 3 is 2.91 bits per heavy atom. The van der Waals surface area contributed by atoms with Crippen LogP contribution in [0.15, 0.2) is 35.8 Å². The molecule has 1 aromatic carbocycles. The Balaban J connectivity index is 1.71. The number of hydrogen-bond donors (Lipinski definition) is 3. The summed E-state index contributed by atoms with van der Waals surface area (Å²) in [4.78, 5) is 40.1. The van der Waals surface area contributed by atoms with Gasteiger partial charge in [-0.1, -0.05) is 12.1 Å². The van der Waals surface area contributed by atoms with E-state index in [1.54, 1.807) is 35.8 Å². The molecule has 7 nitrogen and oxygen atoms in total. The van der Waals surface area contributed by atoms with Crippen LogP contribution < -0.4 is 16.0 Å². The van der Waals surface area contributed by atoms with E-state index in [-0.39, 0.29) is 18.2 Å². The number of rotatable bonds is 3. The maximum Gasteiger partial charge on any atom is 0.254 e. The third-order valence-corrected chi connectivity index (χ3v) is 3.81. The molecule has 22 heavy (non-hydrogen) atoms. The van der Waals surface area contributed by atoms with Gasteiger partial charge < -0.3 is 16.0 Å². The predicted molar refractivity (Wildman–Crippen MR) is 81.7 cm³/mol. The quantitative estimate of drug-likeness (QED) is 0.792. The van der Waals surface area contributed by atoms with E-state index in [1.165, 1.54) is 11.3 Å². The second-order valence-electron chi connectivity index (χ2n) is 4.65. The highest BCUT2D eigenvalue weighted by Crippen LogP contribution is 2.19. The molecule has 0 fully saturated rings. The molecular formula is C14H12N4O3S. The Morgan fingerprint density at radius 1 is 1.32 bits per heavy atom. The van der Waals surface area contributed by atoms with Gasteiger partial charge in [0.15, 0.2) is 5.13 Å². The fourth-order valence-electron chi connectivity index (χ4n) is 2.10. The number of anilines is 2. The van der Waals surface area contributed by atoms with Crippen molar-refractivity contribution in [2.45, 2.75) is 12.5 Å².